The Balaban J connectivity index is 1.64. The molecule has 1 aliphatic heterocycles. The lowest BCUT2D eigenvalue weighted by molar-refractivity contribution is -0.138. The van der Waals surface area contributed by atoms with Crippen molar-refractivity contribution >= 4 is 22.4 Å². The van der Waals surface area contributed by atoms with Gasteiger partial charge in [0.1, 0.15) is 0 Å². The SMILES string of the molecule is O=C(O)CC1CCN(c2nc(-c3ccccc3)cs2)CC1. The van der Waals surface area contributed by atoms with E-state index in [0.29, 0.717) is 12.3 Å². The Labute approximate surface area is 128 Å². The zero-order valence-corrected chi connectivity index (χ0v) is 12.6. The molecule has 1 saturated heterocycles. The van der Waals surface area contributed by atoms with Crippen molar-refractivity contribution in [3.05, 3.63) is 35.7 Å². The van der Waals surface area contributed by atoms with Gasteiger partial charge < -0.3 is 10.0 Å². The quantitative estimate of drug-likeness (QED) is 0.939. The highest BCUT2D eigenvalue weighted by atomic mass is 32.1. The van der Waals surface area contributed by atoms with E-state index in [9.17, 15) is 4.79 Å². The second-order valence-corrected chi connectivity index (χ2v) is 6.25. The highest BCUT2D eigenvalue weighted by molar-refractivity contribution is 7.14. The summed E-state index contributed by atoms with van der Waals surface area (Å²) in [5.41, 5.74) is 2.16. The van der Waals surface area contributed by atoms with Crippen LogP contribution in [-0.4, -0.2) is 29.1 Å². The van der Waals surface area contributed by atoms with Gasteiger partial charge in [0.05, 0.1) is 5.69 Å². The van der Waals surface area contributed by atoms with E-state index in [1.165, 1.54) is 0 Å². The maximum atomic E-state index is 10.8. The Bertz CT molecular complexity index is 604. The van der Waals surface area contributed by atoms with Crippen molar-refractivity contribution in [1.29, 1.82) is 0 Å². The number of hydrogen-bond donors (Lipinski definition) is 1. The standard InChI is InChI=1S/C16H18N2O2S/c19-15(20)10-12-6-8-18(9-7-12)16-17-14(11-21-16)13-4-2-1-3-5-13/h1-5,11-12H,6-10H2,(H,19,20). The van der Waals surface area contributed by atoms with E-state index >= 15 is 0 Å². The normalized spacial score (nSPS) is 16.1. The van der Waals surface area contributed by atoms with Crippen molar-refractivity contribution in [2.75, 3.05) is 18.0 Å². The largest absolute Gasteiger partial charge is 0.481 e. The second-order valence-electron chi connectivity index (χ2n) is 5.41. The van der Waals surface area contributed by atoms with Crippen molar-refractivity contribution in [2.45, 2.75) is 19.3 Å². The topological polar surface area (TPSA) is 53.4 Å². The van der Waals surface area contributed by atoms with Gasteiger partial charge in [-0.25, -0.2) is 4.98 Å². The highest BCUT2D eigenvalue weighted by Crippen LogP contribution is 2.30. The van der Waals surface area contributed by atoms with E-state index in [0.717, 1.165) is 42.3 Å². The lowest BCUT2D eigenvalue weighted by Crippen LogP contribution is -2.34. The Morgan fingerprint density at radius 1 is 1.29 bits per heavy atom. The maximum absolute atomic E-state index is 10.8. The summed E-state index contributed by atoms with van der Waals surface area (Å²) in [5, 5.41) is 12.0. The number of carboxylic acid groups (broad SMARTS) is 1. The molecule has 0 spiro atoms. The monoisotopic (exact) mass is 302 g/mol. The number of piperidine rings is 1. The fourth-order valence-corrected chi connectivity index (χ4v) is 3.61. The molecule has 1 fully saturated rings. The summed E-state index contributed by atoms with van der Waals surface area (Å²) in [4.78, 5) is 17.7. The molecule has 0 unspecified atom stereocenters. The summed E-state index contributed by atoms with van der Waals surface area (Å²) in [6.45, 7) is 1.80. The molecule has 21 heavy (non-hydrogen) atoms. The first-order chi connectivity index (χ1) is 10.2. The molecule has 0 amide bonds. The van der Waals surface area contributed by atoms with Crippen LogP contribution in [0, 0.1) is 5.92 Å². The van der Waals surface area contributed by atoms with Crippen molar-refractivity contribution in [2.24, 2.45) is 5.92 Å². The molecule has 0 radical (unpaired) electrons. The average molecular weight is 302 g/mol. The first kappa shape index (κ1) is 14.1. The van der Waals surface area contributed by atoms with Gasteiger partial charge in [-0.3, -0.25) is 4.79 Å². The van der Waals surface area contributed by atoms with Crippen molar-refractivity contribution in [3.63, 3.8) is 0 Å². The van der Waals surface area contributed by atoms with Gasteiger partial charge in [0.2, 0.25) is 0 Å². The Kier molecular flexibility index (Phi) is 4.20. The van der Waals surface area contributed by atoms with Crippen LogP contribution in [0.5, 0.6) is 0 Å². The fraction of sp³-hybridized carbons (Fsp3) is 0.375. The van der Waals surface area contributed by atoms with E-state index in [4.69, 9.17) is 10.1 Å². The van der Waals surface area contributed by atoms with Crippen LogP contribution < -0.4 is 4.90 Å². The molecule has 3 rings (SSSR count). The number of carboxylic acids is 1. The molecule has 4 nitrogen and oxygen atoms in total. The molecule has 0 aliphatic carbocycles. The molecule has 1 N–H and O–H groups in total. The maximum Gasteiger partial charge on any atom is 0.303 e. The van der Waals surface area contributed by atoms with Crippen LogP contribution in [0.2, 0.25) is 0 Å². The molecule has 110 valence electrons. The van der Waals surface area contributed by atoms with Crippen LogP contribution in [0.4, 0.5) is 5.13 Å². The van der Waals surface area contributed by atoms with Gasteiger partial charge in [-0.1, -0.05) is 30.3 Å². The lowest BCUT2D eigenvalue weighted by Gasteiger charge is -2.31. The van der Waals surface area contributed by atoms with Crippen LogP contribution in [0.1, 0.15) is 19.3 Å². The molecule has 1 aromatic heterocycles. The molecule has 0 saturated carbocycles. The van der Waals surface area contributed by atoms with Crippen LogP contribution in [0.15, 0.2) is 35.7 Å². The van der Waals surface area contributed by atoms with Crippen LogP contribution in [0.25, 0.3) is 11.3 Å². The Morgan fingerprint density at radius 2 is 2.00 bits per heavy atom. The number of hydrogen-bond acceptors (Lipinski definition) is 4. The van der Waals surface area contributed by atoms with Gasteiger partial charge in [0.25, 0.3) is 0 Å². The zero-order valence-electron chi connectivity index (χ0n) is 11.7. The van der Waals surface area contributed by atoms with E-state index in [2.05, 4.69) is 22.4 Å². The van der Waals surface area contributed by atoms with Gasteiger partial charge >= 0.3 is 5.97 Å². The van der Waals surface area contributed by atoms with Crippen LogP contribution >= 0.6 is 11.3 Å². The minimum atomic E-state index is -0.686. The number of thiazole rings is 1. The van der Waals surface area contributed by atoms with Gasteiger partial charge in [0.15, 0.2) is 5.13 Å². The Hall–Kier alpha value is -1.88. The molecule has 2 heterocycles. The second kappa shape index (κ2) is 6.26. The number of benzene rings is 1. The van der Waals surface area contributed by atoms with E-state index in [1.807, 2.05) is 18.2 Å². The van der Waals surface area contributed by atoms with Crippen molar-refractivity contribution in [3.8, 4) is 11.3 Å². The number of nitrogens with zero attached hydrogens (tertiary/aromatic N) is 2. The summed E-state index contributed by atoms with van der Waals surface area (Å²) in [5.74, 6) is -0.374. The van der Waals surface area contributed by atoms with E-state index in [1.54, 1.807) is 11.3 Å². The predicted octanol–water partition coefficient (Wildman–Crippen LogP) is 3.50. The smallest absolute Gasteiger partial charge is 0.303 e. The molecule has 2 aromatic rings. The summed E-state index contributed by atoms with van der Waals surface area (Å²) >= 11 is 1.66. The summed E-state index contributed by atoms with van der Waals surface area (Å²) in [7, 11) is 0. The fourth-order valence-electron chi connectivity index (χ4n) is 2.73. The van der Waals surface area contributed by atoms with Gasteiger partial charge in [-0.2, -0.15) is 0 Å². The van der Waals surface area contributed by atoms with Gasteiger partial charge in [-0.05, 0) is 18.8 Å². The van der Waals surface area contributed by atoms with E-state index in [-0.39, 0.29) is 0 Å². The highest BCUT2D eigenvalue weighted by Gasteiger charge is 2.23. The minimum absolute atomic E-state index is 0.293. The van der Waals surface area contributed by atoms with E-state index < -0.39 is 5.97 Å². The third-order valence-electron chi connectivity index (χ3n) is 3.91. The molecule has 0 atom stereocenters. The number of anilines is 1. The molecular formula is C16H18N2O2S. The third kappa shape index (κ3) is 3.42. The number of aromatic nitrogens is 1. The summed E-state index contributed by atoms with van der Waals surface area (Å²) < 4.78 is 0. The first-order valence-corrected chi connectivity index (χ1v) is 8.08. The molecule has 1 aromatic carbocycles. The van der Waals surface area contributed by atoms with Crippen molar-refractivity contribution in [1.82, 2.24) is 4.98 Å². The van der Waals surface area contributed by atoms with Gasteiger partial charge in [-0.15, -0.1) is 11.3 Å². The zero-order chi connectivity index (χ0) is 14.7. The number of rotatable bonds is 4. The molecule has 1 aliphatic rings. The first-order valence-electron chi connectivity index (χ1n) is 7.20. The number of aliphatic carboxylic acids is 1. The summed E-state index contributed by atoms with van der Waals surface area (Å²) in [6.07, 6.45) is 2.17. The molecule has 0 bridgehead atoms. The predicted molar refractivity (Wildman–Crippen MR) is 84.7 cm³/mol. The van der Waals surface area contributed by atoms with Gasteiger partial charge in [0, 0.05) is 30.5 Å². The molecular weight excluding hydrogens is 284 g/mol. The van der Waals surface area contributed by atoms with Crippen molar-refractivity contribution < 1.29 is 9.90 Å². The van der Waals surface area contributed by atoms with Crippen LogP contribution in [0.3, 0.4) is 0 Å². The molecule has 5 heteroatoms. The third-order valence-corrected chi connectivity index (χ3v) is 4.81. The average Bonchev–Trinajstić information content (AvgIpc) is 2.98. The minimum Gasteiger partial charge on any atom is -0.481 e. The Morgan fingerprint density at radius 3 is 2.67 bits per heavy atom. The number of carbonyl (C=O) groups is 1. The lowest BCUT2D eigenvalue weighted by atomic mass is 9.94. The summed E-state index contributed by atoms with van der Waals surface area (Å²) in [6, 6.07) is 10.2. The van der Waals surface area contributed by atoms with Crippen LogP contribution in [-0.2, 0) is 4.79 Å².